The normalized spacial score (nSPS) is 11.0. The SMILES string of the molecule is COCCn1cnnc1CCNC(=O)c1ccc2nccn2c1. The summed E-state index contributed by atoms with van der Waals surface area (Å²) < 4.78 is 8.79. The van der Waals surface area contributed by atoms with Gasteiger partial charge in [-0.05, 0) is 12.1 Å². The average Bonchev–Trinajstić information content (AvgIpc) is 3.21. The smallest absolute Gasteiger partial charge is 0.252 e. The highest BCUT2D eigenvalue weighted by Crippen LogP contribution is 2.04. The van der Waals surface area contributed by atoms with Crippen molar-refractivity contribution in [3.63, 3.8) is 0 Å². The van der Waals surface area contributed by atoms with Gasteiger partial charge in [0, 0.05) is 45.2 Å². The van der Waals surface area contributed by atoms with Crippen LogP contribution >= 0.6 is 0 Å². The van der Waals surface area contributed by atoms with Crippen molar-refractivity contribution in [2.24, 2.45) is 0 Å². The summed E-state index contributed by atoms with van der Waals surface area (Å²) in [5, 5.41) is 10.9. The van der Waals surface area contributed by atoms with Gasteiger partial charge in [-0.1, -0.05) is 0 Å². The first-order chi connectivity index (χ1) is 11.3. The number of hydrogen-bond acceptors (Lipinski definition) is 5. The van der Waals surface area contributed by atoms with Crippen LogP contribution in [0.1, 0.15) is 16.2 Å². The molecule has 23 heavy (non-hydrogen) atoms. The van der Waals surface area contributed by atoms with Crippen molar-refractivity contribution >= 4 is 11.6 Å². The van der Waals surface area contributed by atoms with Crippen LogP contribution in [0.5, 0.6) is 0 Å². The summed E-state index contributed by atoms with van der Waals surface area (Å²) in [5.74, 6) is 0.705. The van der Waals surface area contributed by atoms with E-state index in [2.05, 4.69) is 20.5 Å². The molecule has 8 nitrogen and oxygen atoms in total. The van der Waals surface area contributed by atoms with Gasteiger partial charge in [-0.15, -0.1) is 10.2 Å². The zero-order valence-electron chi connectivity index (χ0n) is 12.8. The number of hydrogen-bond donors (Lipinski definition) is 1. The fourth-order valence-corrected chi connectivity index (χ4v) is 2.29. The van der Waals surface area contributed by atoms with E-state index in [9.17, 15) is 4.79 Å². The van der Waals surface area contributed by atoms with Gasteiger partial charge >= 0.3 is 0 Å². The lowest BCUT2D eigenvalue weighted by atomic mass is 10.2. The standard InChI is InChI=1S/C15H18N6O2/c1-23-9-8-21-11-18-19-14(21)4-5-17-15(22)12-2-3-13-16-6-7-20(13)10-12/h2-3,6-7,10-11H,4-5,8-9H2,1H3,(H,17,22). The molecule has 120 valence electrons. The maximum absolute atomic E-state index is 12.2. The van der Waals surface area contributed by atoms with Crippen molar-refractivity contribution < 1.29 is 9.53 Å². The Morgan fingerprint density at radius 2 is 2.30 bits per heavy atom. The summed E-state index contributed by atoms with van der Waals surface area (Å²) in [6.45, 7) is 1.79. The minimum Gasteiger partial charge on any atom is -0.383 e. The van der Waals surface area contributed by atoms with Crippen LogP contribution in [0.25, 0.3) is 5.65 Å². The van der Waals surface area contributed by atoms with Crippen molar-refractivity contribution in [1.29, 1.82) is 0 Å². The number of amides is 1. The zero-order chi connectivity index (χ0) is 16.1. The van der Waals surface area contributed by atoms with Crippen LogP contribution in [-0.4, -0.2) is 50.3 Å². The zero-order valence-corrected chi connectivity index (χ0v) is 12.8. The molecule has 1 amide bonds. The summed E-state index contributed by atoms with van der Waals surface area (Å²) in [6, 6.07) is 3.58. The van der Waals surface area contributed by atoms with Gasteiger partial charge in [-0.2, -0.15) is 0 Å². The monoisotopic (exact) mass is 314 g/mol. The van der Waals surface area contributed by atoms with E-state index in [1.165, 1.54) is 0 Å². The second-order valence-electron chi connectivity index (χ2n) is 5.05. The first-order valence-electron chi connectivity index (χ1n) is 7.34. The molecule has 3 aromatic rings. The molecule has 0 aromatic carbocycles. The van der Waals surface area contributed by atoms with Crippen LogP contribution in [0.4, 0.5) is 0 Å². The molecule has 0 spiro atoms. The summed E-state index contributed by atoms with van der Waals surface area (Å²) in [6.07, 6.45) is 7.55. The highest BCUT2D eigenvalue weighted by atomic mass is 16.5. The molecule has 0 bridgehead atoms. The minimum absolute atomic E-state index is 0.122. The molecule has 3 heterocycles. The van der Waals surface area contributed by atoms with E-state index in [1.807, 2.05) is 21.2 Å². The van der Waals surface area contributed by atoms with Gasteiger partial charge in [0.1, 0.15) is 17.8 Å². The number of nitrogens with one attached hydrogen (secondary N) is 1. The van der Waals surface area contributed by atoms with Crippen molar-refractivity contribution in [1.82, 2.24) is 29.5 Å². The largest absolute Gasteiger partial charge is 0.383 e. The van der Waals surface area contributed by atoms with Crippen LogP contribution in [-0.2, 0) is 17.7 Å². The Balaban J connectivity index is 1.55. The van der Waals surface area contributed by atoms with Gasteiger partial charge in [-0.3, -0.25) is 4.79 Å². The van der Waals surface area contributed by atoms with Crippen molar-refractivity contribution in [3.05, 3.63) is 48.4 Å². The van der Waals surface area contributed by atoms with Gasteiger partial charge in [0.25, 0.3) is 5.91 Å². The Labute approximate surface area is 133 Å². The van der Waals surface area contributed by atoms with Crippen LogP contribution in [0.3, 0.4) is 0 Å². The lowest BCUT2D eigenvalue weighted by Crippen LogP contribution is -2.26. The number of carbonyl (C=O) groups excluding carboxylic acids is 1. The summed E-state index contributed by atoms with van der Waals surface area (Å²) in [4.78, 5) is 16.3. The highest BCUT2D eigenvalue weighted by molar-refractivity contribution is 5.94. The lowest BCUT2D eigenvalue weighted by Gasteiger charge is -2.07. The van der Waals surface area contributed by atoms with Crippen molar-refractivity contribution in [2.45, 2.75) is 13.0 Å². The van der Waals surface area contributed by atoms with Gasteiger partial charge in [0.05, 0.1) is 12.2 Å². The Bertz CT molecular complexity index is 794. The molecule has 3 rings (SSSR count). The Morgan fingerprint density at radius 1 is 1.39 bits per heavy atom. The number of carbonyl (C=O) groups is 1. The maximum atomic E-state index is 12.2. The van der Waals surface area contributed by atoms with Crippen molar-refractivity contribution in [3.8, 4) is 0 Å². The van der Waals surface area contributed by atoms with Crippen LogP contribution in [0.2, 0.25) is 0 Å². The molecule has 0 fully saturated rings. The molecule has 3 aromatic heterocycles. The maximum Gasteiger partial charge on any atom is 0.252 e. The van der Waals surface area contributed by atoms with Crippen LogP contribution < -0.4 is 5.32 Å². The van der Waals surface area contributed by atoms with E-state index in [1.54, 1.807) is 31.9 Å². The Morgan fingerprint density at radius 3 is 3.17 bits per heavy atom. The molecule has 0 aliphatic heterocycles. The Hall–Kier alpha value is -2.74. The van der Waals surface area contributed by atoms with E-state index in [0.717, 1.165) is 11.5 Å². The molecular formula is C15H18N6O2. The number of aromatic nitrogens is 5. The van der Waals surface area contributed by atoms with E-state index < -0.39 is 0 Å². The number of fused-ring (bicyclic) bond motifs is 1. The number of imidazole rings is 1. The fourth-order valence-electron chi connectivity index (χ4n) is 2.29. The molecule has 0 radical (unpaired) electrons. The Kier molecular flexibility index (Phi) is 4.62. The number of nitrogens with zero attached hydrogens (tertiary/aromatic N) is 5. The quantitative estimate of drug-likeness (QED) is 0.688. The van der Waals surface area contributed by atoms with E-state index in [4.69, 9.17) is 4.74 Å². The van der Waals surface area contributed by atoms with Crippen LogP contribution in [0, 0.1) is 0 Å². The van der Waals surface area contributed by atoms with Gasteiger partial charge in [0.15, 0.2) is 0 Å². The topological polar surface area (TPSA) is 86.3 Å². The second kappa shape index (κ2) is 7.01. The molecule has 0 saturated carbocycles. The van der Waals surface area contributed by atoms with E-state index in [-0.39, 0.29) is 5.91 Å². The summed E-state index contributed by atoms with van der Waals surface area (Å²) in [5.41, 5.74) is 1.41. The van der Waals surface area contributed by atoms with Gasteiger partial charge in [0.2, 0.25) is 0 Å². The third kappa shape index (κ3) is 3.54. The number of methoxy groups -OCH3 is 1. The molecule has 0 unspecified atom stereocenters. The molecule has 8 heteroatoms. The summed E-state index contributed by atoms with van der Waals surface area (Å²) >= 11 is 0. The minimum atomic E-state index is -0.122. The number of pyridine rings is 1. The first kappa shape index (κ1) is 15.2. The first-order valence-corrected chi connectivity index (χ1v) is 7.34. The van der Waals surface area contributed by atoms with Gasteiger partial charge < -0.3 is 19.0 Å². The van der Waals surface area contributed by atoms with Gasteiger partial charge in [-0.25, -0.2) is 4.98 Å². The molecule has 0 atom stereocenters. The molecule has 0 aliphatic carbocycles. The predicted molar refractivity (Wildman–Crippen MR) is 83.1 cm³/mol. The predicted octanol–water partition coefficient (Wildman–Crippen LogP) is 0.545. The average molecular weight is 314 g/mol. The molecule has 0 saturated heterocycles. The van der Waals surface area contributed by atoms with Crippen molar-refractivity contribution in [2.75, 3.05) is 20.3 Å². The third-order valence-corrected chi connectivity index (χ3v) is 3.52. The summed E-state index contributed by atoms with van der Waals surface area (Å²) in [7, 11) is 1.65. The van der Waals surface area contributed by atoms with Crippen LogP contribution in [0.15, 0.2) is 37.1 Å². The van der Waals surface area contributed by atoms with E-state index in [0.29, 0.717) is 31.7 Å². The third-order valence-electron chi connectivity index (χ3n) is 3.52. The number of ether oxygens (including phenoxy) is 1. The molecular weight excluding hydrogens is 296 g/mol. The lowest BCUT2D eigenvalue weighted by molar-refractivity contribution is 0.0953. The molecule has 0 aliphatic rings. The van der Waals surface area contributed by atoms with E-state index >= 15 is 0 Å². The number of rotatable bonds is 7. The fraction of sp³-hybridized carbons (Fsp3) is 0.333. The second-order valence-corrected chi connectivity index (χ2v) is 5.05. The molecule has 1 N–H and O–H groups in total. The highest BCUT2D eigenvalue weighted by Gasteiger charge is 2.08.